The number of carboxylic acids is 1. The van der Waals surface area contributed by atoms with Crippen LogP contribution >= 0.6 is 23.5 Å². The molecule has 5 aliphatic rings. The molecule has 16 nitrogen and oxygen atoms in total. The van der Waals surface area contributed by atoms with Crippen LogP contribution in [0.5, 0.6) is 0 Å². The number of hydrogen-bond acceptors (Lipinski definition) is 16. The van der Waals surface area contributed by atoms with Crippen LogP contribution in [0.4, 0.5) is 0 Å². The molecule has 1 amide bonds. The van der Waals surface area contributed by atoms with Gasteiger partial charge in [0.25, 0.3) is 11.7 Å². The quantitative estimate of drug-likeness (QED) is 0.0753. The Morgan fingerprint density at radius 1 is 0.904 bits per heavy atom. The van der Waals surface area contributed by atoms with E-state index in [4.69, 9.17) is 28.5 Å². The van der Waals surface area contributed by atoms with Crippen LogP contribution in [-0.2, 0) is 47.7 Å². The topological polar surface area (TPSA) is 220 Å². The molecule has 0 aromatic rings. The Hall–Kier alpha value is -3.07. The second-order valence-electron chi connectivity index (χ2n) is 21.4. The van der Waals surface area contributed by atoms with Crippen molar-refractivity contribution < 1.29 is 68.1 Å². The van der Waals surface area contributed by atoms with Gasteiger partial charge in [0.1, 0.15) is 24.4 Å². The number of thioether (sulfide) groups is 2. The van der Waals surface area contributed by atoms with Crippen molar-refractivity contribution in [3.8, 4) is 0 Å². The number of hydrogen-bond donors (Lipinski definition) is 4. The summed E-state index contributed by atoms with van der Waals surface area (Å²) in [5.41, 5.74) is 1.87. The molecule has 73 heavy (non-hydrogen) atoms. The van der Waals surface area contributed by atoms with Crippen LogP contribution in [0.2, 0.25) is 0 Å². The summed E-state index contributed by atoms with van der Waals surface area (Å²) in [5.74, 6) is -5.71. The standard InChI is InChI=1S/C55H86N2O14S2/c1-33-16-12-11-13-17-34(2)44(66-8)30-41-21-19-38(6)55(65,71-41)51(62)52(63)57-23-15-14-18-42(57)53(64)70-46(35(3)28-40-20-22-43(58)45(29-40)67-9)31-54(72-24-25-73-54)39(7)27-37(5)49(61)50(68-10)48(36(4)26-33)56-69-32-47(59)60/h11-13,16-17,27,33,35-36,38-46,49-50,58,61,65H,14-15,18-26,28-32H2,1-10H3,(H,59,60)/b13-11+,16-12+,34-17+,37-27+,56-48?/t33-,35-,36-,38-,39-,40+,41+,42+,43-,44+,45-,46+,49-,50+,55-/m1/s1. The zero-order chi connectivity index (χ0) is 53.6. The Labute approximate surface area is 442 Å². The first-order valence-corrected chi connectivity index (χ1v) is 28.4. The lowest BCUT2D eigenvalue weighted by Crippen LogP contribution is -2.61. The van der Waals surface area contributed by atoms with E-state index < -0.39 is 88.7 Å². The number of carbonyl (C=O) groups excluding carboxylic acids is 3. The van der Waals surface area contributed by atoms with Crippen LogP contribution in [0.25, 0.3) is 0 Å². The summed E-state index contributed by atoms with van der Waals surface area (Å²) in [7, 11) is 4.68. The number of carboxylic acid groups (broad SMARTS) is 1. The molecule has 4 N–H and O–H groups in total. The number of ketones is 1. The van der Waals surface area contributed by atoms with E-state index >= 15 is 0 Å². The third-order valence-electron chi connectivity index (χ3n) is 15.9. The summed E-state index contributed by atoms with van der Waals surface area (Å²) in [6, 6.07) is -1.06. The van der Waals surface area contributed by atoms with Crippen LogP contribution in [0.1, 0.15) is 126 Å². The Kier molecular flexibility index (Phi) is 23.6. The van der Waals surface area contributed by atoms with Crippen molar-refractivity contribution in [2.45, 2.75) is 184 Å². The van der Waals surface area contributed by atoms with Gasteiger partial charge in [-0.15, -0.1) is 23.5 Å². The number of piperidine rings is 1. The van der Waals surface area contributed by atoms with E-state index in [0.29, 0.717) is 75.5 Å². The number of aliphatic hydroxyl groups excluding tert-OH is 2. The van der Waals surface area contributed by atoms with Gasteiger partial charge in [-0.25, -0.2) is 9.59 Å². The fourth-order valence-corrected chi connectivity index (χ4v) is 14.8. The van der Waals surface area contributed by atoms with E-state index in [2.05, 4.69) is 25.9 Å². The fourth-order valence-electron chi connectivity index (χ4n) is 11.4. The van der Waals surface area contributed by atoms with Gasteiger partial charge in [-0.05, 0) is 113 Å². The van der Waals surface area contributed by atoms with Gasteiger partial charge in [0.2, 0.25) is 12.4 Å². The highest BCUT2D eigenvalue weighted by molar-refractivity contribution is 8.21. The largest absolute Gasteiger partial charge is 0.479 e. The number of aliphatic hydroxyl groups is 3. The predicted octanol–water partition coefficient (Wildman–Crippen LogP) is 7.68. The number of rotatable bonds is 9. The van der Waals surface area contributed by atoms with Crippen LogP contribution in [0.3, 0.4) is 0 Å². The number of allylic oxidation sites excluding steroid dienone is 6. The molecule has 1 spiro atoms. The van der Waals surface area contributed by atoms with Crippen LogP contribution < -0.4 is 0 Å². The molecule has 412 valence electrons. The molecule has 3 saturated heterocycles. The van der Waals surface area contributed by atoms with Gasteiger partial charge in [0.05, 0.1) is 34.2 Å². The first kappa shape index (κ1) is 60.8. The van der Waals surface area contributed by atoms with Crippen molar-refractivity contribution >= 4 is 52.9 Å². The number of fused-ring (bicyclic) bond motifs is 3. The molecule has 0 aromatic heterocycles. The average molecular weight is 1060 g/mol. The first-order chi connectivity index (χ1) is 34.7. The van der Waals surface area contributed by atoms with Gasteiger partial charge in [0, 0.05) is 64.1 Å². The third kappa shape index (κ3) is 16.0. The zero-order valence-corrected chi connectivity index (χ0v) is 46.6. The molecule has 4 fully saturated rings. The van der Waals surface area contributed by atoms with Gasteiger partial charge in [-0.2, -0.15) is 0 Å². The van der Waals surface area contributed by atoms with Crippen LogP contribution in [0.15, 0.2) is 52.8 Å². The number of ether oxygens (including phenoxy) is 5. The molecular weight excluding hydrogens is 977 g/mol. The lowest BCUT2D eigenvalue weighted by molar-refractivity contribution is -0.265. The van der Waals surface area contributed by atoms with Crippen molar-refractivity contribution in [3.63, 3.8) is 0 Å². The summed E-state index contributed by atoms with van der Waals surface area (Å²) >= 11 is 3.57. The van der Waals surface area contributed by atoms with Crippen LogP contribution in [0, 0.1) is 35.5 Å². The second-order valence-corrected chi connectivity index (χ2v) is 24.5. The molecule has 5 rings (SSSR count). The molecule has 18 heteroatoms. The number of amides is 1. The molecule has 1 saturated carbocycles. The molecule has 1 aliphatic carbocycles. The molecule has 0 aromatic carbocycles. The number of nitrogens with zero attached hydrogens (tertiary/aromatic N) is 2. The summed E-state index contributed by atoms with van der Waals surface area (Å²) in [6.07, 6.45) is 13.6. The maximum Gasteiger partial charge on any atom is 0.344 e. The minimum absolute atomic E-state index is 0.0234. The minimum Gasteiger partial charge on any atom is -0.479 e. The number of esters is 1. The van der Waals surface area contributed by atoms with Gasteiger partial charge in [-0.1, -0.05) is 76.2 Å². The van der Waals surface area contributed by atoms with Gasteiger partial charge >= 0.3 is 11.9 Å². The Bertz CT molecular complexity index is 2010. The van der Waals surface area contributed by atoms with E-state index in [1.54, 1.807) is 44.7 Å². The lowest BCUT2D eigenvalue weighted by atomic mass is 9.78. The molecule has 4 heterocycles. The van der Waals surface area contributed by atoms with Crippen LogP contribution in [-0.4, -0.2) is 159 Å². The number of carbonyl (C=O) groups is 4. The molecule has 15 atom stereocenters. The number of oxime groups is 1. The van der Waals surface area contributed by atoms with Gasteiger partial charge < -0.3 is 53.8 Å². The maximum absolute atomic E-state index is 14.8. The third-order valence-corrected chi connectivity index (χ3v) is 19.7. The monoisotopic (exact) mass is 1060 g/mol. The number of cyclic esters (lactones) is 1. The minimum atomic E-state index is -2.41. The average Bonchev–Trinajstić information content (AvgIpc) is 3.85. The number of methoxy groups -OCH3 is 3. The van der Waals surface area contributed by atoms with Crippen molar-refractivity contribution in [2.24, 2.45) is 40.7 Å². The van der Waals surface area contributed by atoms with E-state index in [0.717, 1.165) is 23.5 Å². The number of aliphatic carboxylic acids is 1. The van der Waals surface area contributed by atoms with E-state index in [-0.39, 0.29) is 48.7 Å². The van der Waals surface area contributed by atoms with E-state index in [9.17, 15) is 39.6 Å². The first-order valence-electron chi connectivity index (χ1n) is 26.5. The fraction of sp³-hybridized carbons (Fsp3) is 0.764. The van der Waals surface area contributed by atoms with E-state index in [1.807, 2.05) is 57.2 Å². The van der Waals surface area contributed by atoms with Crippen molar-refractivity contribution in [3.05, 3.63) is 47.6 Å². The second kappa shape index (κ2) is 28.3. The Morgan fingerprint density at radius 3 is 2.30 bits per heavy atom. The van der Waals surface area contributed by atoms with Crippen molar-refractivity contribution in [1.82, 2.24) is 4.90 Å². The predicted molar refractivity (Wildman–Crippen MR) is 284 cm³/mol. The van der Waals surface area contributed by atoms with Gasteiger partial charge in [0.15, 0.2) is 0 Å². The molecule has 4 aliphatic heterocycles. The highest BCUT2D eigenvalue weighted by Gasteiger charge is 2.53. The zero-order valence-electron chi connectivity index (χ0n) is 44.9. The summed E-state index contributed by atoms with van der Waals surface area (Å²) in [4.78, 5) is 61.9. The summed E-state index contributed by atoms with van der Waals surface area (Å²) in [6.45, 7) is 13.1. The van der Waals surface area contributed by atoms with E-state index in [1.165, 1.54) is 12.0 Å². The lowest BCUT2D eigenvalue weighted by Gasteiger charge is -2.43. The molecular formula is C55H86N2O14S2. The smallest absolute Gasteiger partial charge is 0.344 e. The summed E-state index contributed by atoms with van der Waals surface area (Å²) in [5, 5.41) is 48.6. The molecule has 0 radical (unpaired) electrons. The molecule has 2 bridgehead atoms. The molecule has 0 unspecified atom stereocenters. The normalized spacial score (nSPS) is 39.4. The van der Waals surface area contributed by atoms with Crippen molar-refractivity contribution in [1.29, 1.82) is 0 Å². The highest BCUT2D eigenvalue weighted by Crippen LogP contribution is 2.54. The highest BCUT2D eigenvalue weighted by atomic mass is 32.2. The van der Waals surface area contributed by atoms with Crippen molar-refractivity contribution in [2.75, 3.05) is 46.0 Å². The summed E-state index contributed by atoms with van der Waals surface area (Å²) < 4.78 is 30.0. The Balaban J connectivity index is 1.56. The SMILES string of the molecule is CO[C@H]1C[C@@H]2CC[C@@H](C)[C@@](O)(O2)C(=O)C(=O)N2CCCC[C@H]2C(=O)O[C@H]([C@H](C)C[C@@H]2CC[C@@H](O)[C@H](OC)C2)CC2(SCCS2)[C@H](C)/C=C(\C)[C@@H](O)[C@@H](OC)C(=NOCC(=O)O)[C@H](C)C[C@H](C)/C=C/C=C/C=C/1C. The van der Waals surface area contributed by atoms with Gasteiger partial charge in [-0.3, -0.25) is 9.59 Å². The number of Topliss-reactive ketones (excluding diaryl/α,β-unsaturated/α-hetero) is 1. The Morgan fingerprint density at radius 2 is 1.63 bits per heavy atom. The maximum atomic E-state index is 14.8.